The van der Waals surface area contributed by atoms with Crippen molar-refractivity contribution in [3.05, 3.63) is 28.7 Å². The number of sulfonamides is 1. The Morgan fingerprint density at radius 3 is 2.59 bits per heavy atom. The Hall–Kier alpha value is -0.100. The molecule has 0 N–H and O–H groups in total. The smallest absolute Gasteiger partial charge is 0.207 e. The highest BCUT2D eigenvalue weighted by molar-refractivity contribution is 9.10. The Bertz CT molecular complexity index is 489. The van der Waals surface area contributed by atoms with Crippen molar-refractivity contribution in [1.82, 2.24) is 4.31 Å². The number of hydrogen-bond donors (Lipinski definition) is 0. The fraction of sp³-hybridized carbons (Fsp3) is 0.455. The monoisotopic (exact) mass is 337 g/mol. The van der Waals surface area contributed by atoms with Crippen LogP contribution in [0, 0.1) is 0 Å². The van der Waals surface area contributed by atoms with Crippen LogP contribution in [0.3, 0.4) is 0 Å². The van der Waals surface area contributed by atoms with Crippen molar-refractivity contribution >= 4 is 37.6 Å². The fourth-order valence-electron chi connectivity index (χ4n) is 2.02. The zero-order chi connectivity index (χ0) is 12.5. The predicted octanol–water partition coefficient (Wildman–Crippen LogP) is 2.84. The van der Waals surface area contributed by atoms with Crippen LogP contribution in [0.4, 0.5) is 0 Å². The van der Waals surface area contributed by atoms with Gasteiger partial charge in [-0.1, -0.05) is 15.9 Å². The van der Waals surface area contributed by atoms with Crippen molar-refractivity contribution in [2.45, 2.75) is 23.8 Å². The minimum absolute atomic E-state index is 0.0645. The molecular formula is C11H13BrClNO2S. The number of halogens is 2. The summed E-state index contributed by atoms with van der Waals surface area (Å²) in [6, 6.07) is 6.63. The van der Waals surface area contributed by atoms with Gasteiger partial charge < -0.3 is 0 Å². The zero-order valence-electron chi connectivity index (χ0n) is 9.14. The third-order valence-corrected chi connectivity index (χ3v) is 5.77. The molecule has 0 aliphatic carbocycles. The summed E-state index contributed by atoms with van der Waals surface area (Å²) in [4.78, 5) is 0.331. The molecule has 0 spiro atoms. The molecule has 3 nitrogen and oxygen atoms in total. The van der Waals surface area contributed by atoms with Crippen LogP contribution in [0.5, 0.6) is 0 Å². The van der Waals surface area contributed by atoms with Gasteiger partial charge in [0.05, 0.1) is 4.90 Å². The largest absolute Gasteiger partial charge is 0.243 e. The van der Waals surface area contributed by atoms with E-state index in [1.54, 1.807) is 24.3 Å². The van der Waals surface area contributed by atoms with Gasteiger partial charge in [0.15, 0.2) is 0 Å². The van der Waals surface area contributed by atoms with Crippen LogP contribution in [0.2, 0.25) is 0 Å². The number of benzene rings is 1. The third-order valence-electron chi connectivity index (χ3n) is 2.92. The zero-order valence-corrected chi connectivity index (χ0v) is 12.3. The maximum absolute atomic E-state index is 12.4. The van der Waals surface area contributed by atoms with Gasteiger partial charge >= 0.3 is 0 Å². The second-order valence-electron chi connectivity index (χ2n) is 4.02. The molecule has 0 aromatic heterocycles. The molecule has 6 heteroatoms. The van der Waals surface area contributed by atoms with E-state index in [0.717, 1.165) is 17.3 Å². The lowest BCUT2D eigenvalue weighted by Gasteiger charge is -2.22. The Balaban J connectivity index is 2.33. The van der Waals surface area contributed by atoms with Crippen molar-refractivity contribution in [1.29, 1.82) is 0 Å². The fourth-order valence-corrected chi connectivity index (χ4v) is 4.38. The standard InChI is InChI=1S/C11H13BrClNO2S/c12-9-3-5-11(6-4-9)17(15,16)14-7-1-2-10(14)8-13/h3-6,10H,1-2,7-8H2. The second-order valence-corrected chi connectivity index (χ2v) is 7.13. The van der Waals surface area contributed by atoms with Gasteiger partial charge in [-0.05, 0) is 37.1 Å². The van der Waals surface area contributed by atoms with Gasteiger partial charge in [-0.2, -0.15) is 4.31 Å². The molecule has 1 saturated heterocycles. The van der Waals surface area contributed by atoms with E-state index in [-0.39, 0.29) is 6.04 Å². The summed E-state index contributed by atoms with van der Waals surface area (Å²) < 4.78 is 27.1. The minimum Gasteiger partial charge on any atom is -0.207 e. The summed E-state index contributed by atoms with van der Waals surface area (Å²) >= 11 is 9.10. The molecule has 17 heavy (non-hydrogen) atoms. The van der Waals surface area contributed by atoms with Gasteiger partial charge in [0.2, 0.25) is 10.0 Å². The normalized spacial score (nSPS) is 21.9. The van der Waals surface area contributed by atoms with Crippen LogP contribution >= 0.6 is 27.5 Å². The van der Waals surface area contributed by atoms with Gasteiger partial charge in [-0.15, -0.1) is 11.6 Å². The Labute approximate surface area is 115 Å². The first-order valence-corrected chi connectivity index (χ1v) is 8.16. The SMILES string of the molecule is O=S(=O)(c1ccc(Br)cc1)N1CCCC1CCl. The van der Waals surface area contributed by atoms with E-state index in [1.807, 2.05) is 0 Å². The van der Waals surface area contributed by atoms with Gasteiger partial charge in [-0.25, -0.2) is 8.42 Å². The molecule has 1 aromatic carbocycles. The molecule has 1 aliphatic heterocycles. The van der Waals surface area contributed by atoms with Crippen LogP contribution in [-0.4, -0.2) is 31.2 Å². The number of rotatable bonds is 3. The van der Waals surface area contributed by atoms with Crippen molar-refractivity contribution in [3.8, 4) is 0 Å². The molecule has 0 radical (unpaired) electrons. The highest BCUT2D eigenvalue weighted by Crippen LogP contribution is 2.27. The Kier molecular flexibility index (Phi) is 4.13. The summed E-state index contributed by atoms with van der Waals surface area (Å²) in [6.45, 7) is 0.565. The quantitative estimate of drug-likeness (QED) is 0.795. The summed E-state index contributed by atoms with van der Waals surface area (Å²) in [5.41, 5.74) is 0. The van der Waals surface area contributed by atoms with Gasteiger partial charge in [-0.3, -0.25) is 0 Å². The van der Waals surface area contributed by atoms with Crippen molar-refractivity contribution < 1.29 is 8.42 Å². The molecule has 0 amide bonds. The average molecular weight is 339 g/mol. The lowest BCUT2D eigenvalue weighted by atomic mass is 10.3. The van der Waals surface area contributed by atoms with Crippen molar-refractivity contribution in [2.75, 3.05) is 12.4 Å². The van der Waals surface area contributed by atoms with E-state index in [0.29, 0.717) is 17.3 Å². The van der Waals surface area contributed by atoms with E-state index in [2.05, 4.69) is 15.9 Å². The van der Waals surface area contributed by atoms with Crippen LogP contribution in [0.25, 0.3) is 0 Å². The van der Waals surface area contributed by atoms with E-state index in [1.165, 1.54) is 4.31 Å². The average Bonchev–Trinajstić information content (AvgIpc) is 2.78. The van der Waals surface area contributed by atoms with Gasteiger partial charge in [0.25, 0.3) is 0 Å². The molecule has 2 rings (SSSR count). The van der Waals surface area contributed by atoms with Gasteiger partial charge in [0.1, 0.15) is 0 Å². The molecule has 94 valence electrons. The number of alkyl halides is 1. The molecule has 1 aliphatic rings. The first-order chi connectivity index (χ1) is 8.05. The molecule has 1 unspecified atom stereocenters. The van der Waals surface area contributed by atoms with Crippen LogP contribution in [-0.2, 0) is 10.0 Å². The third kappa shape index (κ3) is 2.67. The molecule has 0 saturated carbocycles. The summed E-state index contributed by atoms with van der Waals surface area (Å²) in [6.07, 6.45) is 1.73. The van der Waals surface area contributed by atoms with E-state index in [4.69, 9.17) is 11.6 Å². The minimum atomic E-state index is -3.39. The molecule has 0 bridgehead atoms. The highest BCUT2D eigenvalue weighted by Gasteiger charge is 2.34. The highest BCUT2D eigenvalue weighted by atomic mass is 79.9. The predicted molar refractivity (Wildman–Crippen MR) is 71.8 cm³/mol. The number of hydrogen-bond acceptors (Lipinski definition) is 2. The maximum atomic E-state index is 12.4. The summed E-state index contributed by atoms with van der Waals surface area (Å²) in [5.74, 6) is 0.357. The summed E-state index contributed by atoms with van der Waals surface area (Å²) in [7, 11) is -3.39. The van der Waals surface area contributed by atoms with Crippen molar-refractivity contribution in [2.24, 2.45) is 0 Å². The van der Waals surface area contributed by atoms with Crippen LogP contribution < -0.4 is 0 Å². The topological polar surface area (TPSA) is 37.4 Å². The Morgan fingerprint density at radius 1 is 1.35 bits per heavy atom. The first kappa shape index (κ1) is 13.3. The first-order valence-electron chi connectivity index (χ1n) is 5.39. The lowest BCUT2D eigenvalue weighted by molar-refractivity contribution is 0.411. The van der Waals surface area contributed by atoms with Crippen LogP contribution in [0.1, 0.15) is 12.8 Å². The number of nitrogens with zero attached hydrogens (tertiary/aromatic N) is 1. The Morgan fingerprint density at radius 2 is 2.00 bits per heavy atom. The second kappa shape index (κ2) is 5.26. The molecule has 1 fully saturated rings. The molecule has 1 heterocycles. The maximum Gasteiger partial charge on any atom is 0.243 e. The molecule has 1 atom stereocenters. The van der Waals surface area contributed by atoms with E-state index < -0.39 is 10.0 Å². The molecular weight excluding hydrogens is 326 g/mol. The molecule has 1 aromatic rings. The van der Waals surface area contributed by atoms with Crippen LogP contribution in [0.15, 0.2) is 33.6 Å². The van der Waals surface area contributed by atoms with Crippen molar-refractivity contribution in [3.63, 3.8) is 0 Å². The lowest BCUT2D eigenvalue weighted by Crippen LogP contribution is -2.36. The van der Waals surface area contributed by atoms with Gasteiger partial charge in [0, 0.05) is 22.9 Å². The van der Waals surface area contributed by atoms with E-state index in [9.17, 15) is 8.42 Å². The van der Waals surface area contributed by atoms with E-state index >= 15 is 0 Å². The summed E-state index contributed by atoms with van der Waals surface area (Å²) in [5, 5.41) is 0.